The number of hydrogen-bond donors (Lipinski definition) is 0. The van der Waals surface area contributed by atoms with E-state index in [1.54, 1.807) is 12.1 Å². The standard InChI is InChI=1S/C16H9F2NO2/c17-12-7-3-1-5-10(12)14-9-19-16(21-14)15(20)11-6-2-4-8-13(11)18/h1-9H. The number of hydrogen-bond acceptors (Lipinski definition) is 3. The summed E-state index contributed by atoms with van der Waals surface area (Å²) in [5, 5.41) is 0. The number of nitrogens with zero attached hydrogens (tertiary/aromatic N) is 1. The van der Waals surface area contributed by atoms with Crippen molar-refractivity contribution in [3.8, 4) is 11.3 Å². The number of rotatable bonds is 3. The molecular formula is C16H9F2NO2. The van der Waals surface area contributed by atoms with Gasteiger partial charge in [0.2, 0.25) is 0 Å². The SMILES string of the molecule is O=C(c1ncc(-c2ccccc2F)o1)c1ccccc1F. The van der Waals surface area contributed by atoms with Crippen LogP contribution in [0, 0.1) is 11.6 Å². The summed E-state index contributed by atoms with van der Waals surface area (Å²) < 4.78 is 32.5. The molecule has 2 aromatic carbocycles. The van der Waals surface area contributed by atoms with Gasteiger partial charge in [-0.3, -0.25) is 4.79 Å². The second-order valence-electron chi connectivity index (χ2n) is 4.32. The quantitative estimate of drug-likeness (QED) is 0.686. The van der Waals surface area contributed by atoms with Crippen molar-refractivity contribution in [3.63, 3.8) is 0 Å². The first-order valence-corrected chi connectivity index (χ1v) is 6.17. The van der Waals surface area contributed by atoms with E-state index in [4.69, 9.17) is 4.42 Å². The van der Waals surface area contributed by atoms with Gasteiger partial charge in [-0.2, -0.15) is 0 Å². The van der Waals surface area contributed by atoms with E-state index in [0.29, 0.717) is 0 Å². The third-order valence-corrected chi connectivity index (χ3v) is 2.96. The van der Waals surface area contributed by atoms with Crippen molar-refractivity contribution in [1.82, 2.24) is 4.98 Å². The monoisotopic (exact) mass is 285 g/mol. The summed E-state index contributed by atoms with van der Waals surface area (Å²) in [4.78, 5) is 15.9. The average molecular weight is 285 g/mol. The highest BCUT2D eigenvalue weighted by Gasteiger charge is 2.20. The van der Waals surface area contributed by atoms with Crippen molar-refractivity contribution in [3.05, 3.63) is 77.8 Å². The second-order valence-corrected chi connectivity index (χ2v) is 4.32. The van der Waals surface area contributed by atoms with Gasteiger partial charge in [-0.25, -0.2) is 13.8 Å². The number of halogens is 2. The molecule has 21 heavy (non-hydrogen) atoms. The van der Waals surface area contributed by atoms with Crippen molar-refractivity contribution in [1.29, 1.82) is 0 Å². The predicted octanol–water partition coefficient (Wildman–Crippen LogP) is 3.85. The summed E-state index contributed by atoms with van der Waals surface area (Å²) in [6, 6.07) is 11.5. The fourth-order valence-electron chi connectivity index (χ4n) is 1.93. The molecule has 3 rings (SSSR count). The Balaban J connectivity index is 1.98. The third kappa shape index (κ3) is 2.45. The Labute approximate surface area is 118 Å². The molecule has 0 radical (unpaired) electrons. The zero-order chi connectivity index (χ0) is 14.8. The van der Waals surface area contributed by atoms with Crippen LogP contribution >= 0.6 is 0 Å². The largest absolute Gasteiger partial charge is 0.433 e. The topological polar surface area (TPSA) is 43.1 Å². The van der Waals surface area contributed by atoms with Crippen LogP contribution in [0.2, 0.25) is 0 Å². The maximum Gasteiger partial charge on any atom is 0.268 e. The van der Waals surface area contributed by atoms with E-state index in [2.05, 4.69) is 4.98 Å². The van der Waals surface area contributed by atoms with Gasteiger partial charge in [0.25, 0.3) is 11.7 Å². The van der Waals surface area contributed by atoms with E-state index in [1.807, 2.05) is 0 Å². The molecule has 1 heterocycles. The Morgan fingerprint density at radius 1 is 0.952 bits per heavy atom. The van der Waals surface area contributed by atoms with Crippen molar-refractivity contribution in [2.24, 2.45) is 0 Å². The van der Waals surface area contributed by atoms with Crippen LogP contribution in [-0.4, -0.2) is 10.8 Å². The lowest BCUT2D eigenvalue weighted by atomic mass is 10.1. The summed E-state index contributed by atoms with van der Waals surface area (Å²) in [6.07, 6.45) is 1.24. The zero-order valence-corrected chi connectivity index (χ0v) is 10.7. The first kappa shape index (κ1) is 13.2. The summed E-state index contributed by atoms with van der Waals surface area (Å²) in [7, 11) is 0. The Morgan fingerprint density at radius 3 is 2.33 bits per heavy atom. The zero-order valence-electron chi connectivity index (χ0n) is 10.7. The Kier molecular flexibility index (Phi) is 3.31. The lowest BCUT2D eigenvalue weighted by molar-refractivity contribution is 0.0999. The van der Waals surface area contributed by atoms with E-state index in [1.165, 1.54) is 42.6 Å². The summed E-state index contributed by atoms with van der Waals surface area (Å²) in [5.74, 6) is -1.99. The first-order chi connectivity index (χ1) is 10.2. The molecule has 0 amide bonds. The highest BCUT2D eigenvalue weighted by molar-refractivity contribution is 6.06. The van der Waals surface area contributed by atoms with Crippen LogP contribution in [0.25, 0.3) is 11.3 Å². The third-order valence-electron chi connectivity index (χ3n) is 2.96. The molecule has 0 unspecified atom stereocenters. The number of aromatic nitrogens is 1. The van der Waals surface area contributed by atoms with Crippen molar-refractivity contribution in [2.75, 3.05) is 0 Å². The molecule has 3 nitrogen and oxygen atoms in total. The second kappa shape index (κ2) is 5.28. The van der Waals surface area contributed by atoms with Crippen LogP contribution in [-0.2, 0) is 0 Å². The molecule has 0 saturated heterocycles. The highest BCUT2D eigenvalue weighted by atomic mass is 19.1. The molecule has 0 bridgehead atoms. The van der Waals surface area contributed by atoms with Gasteiger partial charge in [0.05, 0.1) is 17.3 Å². The maximum absolute atomic E-state index is 13.6. The van der Waals surface area contributed by atoms with Gasteiger partial charge in [-0.05, 0) is 24.3 Å². The molecule has 104 valence electrons. The smallest absolute Gasteiger partial charge is 0.268 e. The minimum atomic E-state index is -0.685. The number of benzene rings is 2. The Hall–Kier alpha value is -2.82. The molecule has 0 saturated carbocycles. The molecule has 0 aliphatic carbocycles. The summed E-state index contributed by atoms with van der Waals surface area (Å²) in [6.45, 7) is 0. The van der Waals surface area contributed by atoms with Crippen LogP contribution in [0.3, 0.4) is 0 Å². The van der Waals surface area contributed by atoms with Crippen molar-refractivity contribution < 1.29 is 18.0 Å². The molecule has 0 spiro atoms. The lowest BCUT2D eigenvalue weighted by Crippen LogP contribution is -2.04. The van der Waals surface area contributed by atoms with E-state index < -0.39 is 17.4 Å². The molecule has 0 aliphatic heterocycles. The van der Waals surface area contributed by atoms with Crippen molar-refractivity contribution >= 4 is 5.78 Å². The van der Waals surface area contributed by atoms with Gasteiger partial charge in [-0.15, -0.1) is 0 Å². The minimum absolute atomic E-state index is 0.118. The van der Waals surface area contributed by atoms with Crippen LogP contribution in [0.1, 0.15) is 16.2 Å². The molecule has 5 heteroatoms. The van der Waals surface area contributed by atoms with Crippen LogP contribution in [0.4, 0.5) is 8.78 Å². The fraction of sp³-hybridized carbons (Fsp3) is 0. The van der Waals surface area contributed by atoms with E-state index in [0.717, 1.165) is 0 Å². The minimum Gasteiger partial charge on any atom is -0.433 e. The predicted molar refractivity (Wildman–Crippen MR) is 71.7 cm³/mol. The summed E-state index contributed by atoms with van der Waals surface area (Å²) >= 11 is 0. The normalized spacial score (nSPS) is 10.6. The van der Waals surface area contributed by atoms with E-state index in [9.17, 15) is 13.6 Å². The number of ketones is 1. The van der Waals surface area contributed by atoms with Crippen LogP contribution in [0.15, 0.2) is 59.1 Å². The molecule has 0 aliphatic rings. The first-order valence-electron chi connectivity index (χ1n) is 6.17. The highest BCUT2D eigenvalue weighted by Crippen LogP contribution is 2.24. The van der Waals surface area contributed by atoms with Crippen molar-refractivity contribution in [2.45, 2.75) is 0 Å². The molecular weight excluding hydrogens is 276 g/mol. The molecule has 0 fully saturated rings. The van der Waals surface area contributed by atoms with E-state index >= 15 is 0 Å². The lowest BCUT2D eigenvalue weighted by Gasteiger charge is -1.99. The van der Waals surface area contributed by atoms with E-state index in [-0.39, 0.29) is 22.8 Å². The van der Waals surface area contributed by atoms with Gasteiger partial charge in [0.1, 0.15) is 11.6 Å². The maximum atomic E-state index is 13.6. The average Bonchev–Trinajstić information content (AvgIpc) is 2.97. The van der Waals surface area contributed by atoms with Gasteiger partial charge in [0, 0.05) is 0 Å². The van der Waals surface area contributed by atoms with Gasteiger partial charge >= 0.3 is 0 Å². The van der Waals surface area contributed by atoms with Gasteiger partial charge < -0.3 is 4.42 Å². The van der Waals surface area contributed by atoms with Crippen LogP contribution in [0.5, 0.6) is 0 Å². The number of carbonyl (C=O) groups excluding carboxylic acids is 1. The van der Waals surface area contributed by atoms with Gasteiger partial charge in [0.15, 0.2) is 5.76 Å². The van der Waals surface area contributed by atoms with Crippen LogP contribution < -0.4 is 0 Å². The molecule has 1 aromatic heterocycles. The molecule has 0 atom stereocenters. The Bertz CT molecular complexity index is 811. The molecule has 0 N–H and O–H groups in total. The van der Waals surface area contributed by atoms with Gasteiger partial charge in [-0.1, -0.05) is 24.3 Å². The molecule has 3 aromatic rings. The summed E-state index contributed by atoms with van der Waals surface area (Å²) in [5.41, 5.74) is 0.0528. The Morgan fingerprint density at radius 2 is 1.62 bits per heavy atom. The number of carbonyl (C=O) groups is 1. The fourth-order valence-corrected chi connectivity index (χ4v) is 1.93. The number of oxazole rings is 1.